The number of benzene rings is 1. The van der Waals surface area contributed by atoms with E-state index in [4.69, 9.17) is 0 Å². The Balaban J connectivity index is 2.48. The Morgan fingerprint density at radius 3 is 2.88 bits per heavy atom. The molecule has 0 bridgehead atoms. The van der Waals surface area contributed by atoms with Crippen LogP contribution in [0.2, 0.25) is 0 Å². The highest BCUT2D eigenvalue weighted by Crippen LogP contribution is 2.28. The van der Waals surface area contributed by atoms with Gasteiger partial charge in [0.1, 0.15) is 0 Å². The molecule has 0 saturated heterocycles. The van der Waals surface area contributed by atoms with Gasteiger partial charge in [-0.15, -0.1) is 0 Å². The number of rotatable bonds is 2. The topological polar surface area (TPSA) is 37.4 Å². The van der Waals surface area contributed by atoms with Crippen molar-refractivity contribution in [3.63, 3.8) is 0 Å². The fourth-order valence-corrected chi connectivity index (χ4v) is 3.69. The molecule has 1 aliphatic rings. The lowest BCUT2D eigenvalue weighted by atomic mass is 10.1. The molecule has 0 spiro atoms. The normalized spacial score (nSPS) is 17.9. The number of aryl methyl sites for hydroxylation is 1. The van der Waals surface area contributed by atoms with Crippen molar-refractivity contribution in [1.82, 2.24) is 0 Å². The summed E-state index contributed by atoms with van der Waals surface area (Å²) in [6, 6.07) is 5.53. The molecule has 0 saturated carbocycles. The summed E-state index contributed by atoms with van der Waals surface area (Å²) in [6.45, 7) is 0. The second kappa shape index (κ2) is 4.30. The van der Waals surface area contributed by atoms with Crippen LogP contribution in [0.3, 0.4) is 0 Å². The van der Waals surface area contributed by atoms with Gasteiger partial charge < -0.3 is 4.90 Å². The molecule has 1 aromatic rings. The maximum atomic E-state index is 11.8. The predicted molar refractivity (Wildman–Crippen MR) is 69.1 cm³/mol. The quantitative estimate of drug-likeness (QED) is 0.647. The van der Waals surface area contributed by atoms with Crippen molar-refractivity contribution in [2.75, 3.05) is 23.6 Å². The molecule has 2 rings (SSSR count). The Hall–Kier alpha value is -0.680. The third-order valence-electron chi connectivity index (χ3n) is 2.89. The minimum Gasteiger partial charge on any atom is -0.366 e. The van der Waals surface area contributed by atoms with E-state index in [0.717, 1.165) is 24.1 Å². The zero-order chi connectivity index (χ0) is 11.8. The molecule has 5 heteroatoms. The molecular formula is C11H15NO2S2. The van der Waals surface area contributed by atoms with Gasteiger partial charge >= 0.3 is 0 Å². The van der Waals surface area contributed by atoms with Gasteiger partial charge in [0.25, 0.3) is 0 Å². The van der Waals surface area contributed by atoms with Gasteiger partial charge in [-0.1, -0.05) is 0 Å². The molecular weight excluding hydrogens is 242 g/mol. The smallest absolute Gasteiger partial charge is 0.178 e. The van der Waals surface area contributed by atoms with Gasteiger partial charge in [-0.05, 0) is 36.6 Å². The summed E-state index contributed by atoms with van der Waals surface area (Å²) >= 11 is 4.19. The minimum atomic E-state index is -3.03. The molecule has 0 aliphatic carbocycles. The lowest BCUT2D eigenvalue weighted by Crippen LogP contribution is -2.18. The number of nitrogens with zero attached hydrogens (tertiary/aromatic N) is 1. The highest BCUT2D eigenvalue weighted by Gasteiger charge is 2.23. The monoisotopic (exact) mass is 257 g/mol. The third-order valence-corrected chi connectivity index (χ3v) is 5.21. The van der Waals surface area contributed by atoms with Crippen molar-refractivity contribution in [3.8, 4) is 0 Å². The van der Waals surface area contributed by atoms with E-state index in [1.54, 1.807) is 6.07 Å². The van der Waals surface area contributed by atoms with Gasteiger partial charge in [-0.3, -0.25) is 0 Å². The molecule has 16 heavy (non-hydrogen) atoms. The van der Waals surface area contributed by atoms with Gasteiger partial charge in [-0.25, -0.2) is 8.42 Å². The molecule has 0 aromatic heterocycles. The first kappa shape index (κ1) is 11.8. The summed E-state index contributed by atoms with van der Waals surface area (Å²) in [5.41, 5.74) is 1.96. The average Bonchev–Trinajstić information content (AvgIpc) is 2.27. The first-order valence-electron chi connectivity index (χ1n) is 5.22. The van der Waals surface area contributed by atoms with Crippen molar-refractivity contribution in [2.24, 2.45) is 0 Å². The number of fused-ring (bicyclic) bond motifs is 1. The summed E-state index contributed by atoms with van der Waals surface area (Å²) in [6.07, 6.45) is 1.58. The van der Waals surface area contributed by atoms with Crippen LogP contribution in [0.5, 0.6) is 0 Å². The van der Waals surface area contributed by atoms with Crippen molar-refractivity contribution in [1.29, 1.82) is 0 Å². The minimum absolute atomic E-state index is 0.280. The maximum Gasteiger partial charge on any atom is 0.178 e. The van der Waals surface area contributed by atoms with E-state index in [1.165, 1.54) is 0 Å². The van der Waals surface area contributed by atoms with Crippen LogP contribution in [0.25, 0.3) is 0 Å². The summed E-state index contributed by atoms with van der Waals surface area (Å²) in [7, 11) is -1.09. The largest absolute Gasteiger partial charge is 0.366 e. The zero-order valence-electron chi connectivity index (χ0n) is 9.18. The van der Waals surface area contributed by atoms with E-state index >= 15 is 0 Å². The van der Waals surface area contributed by atoms with Crippen LogP contribution in [0.4, 0.5) is 5.69 Å². The average molecular weight is 257 g/mol. The lowest BCUT2D eigenvalue weighted by Gasteiger charge is -2.21. The first-order valence-corrected chi connectivity index (χ1v) is 7.51. The Morgan fingerprint density at radius 1 is 1.44 bits per heavy atom. The van der Waals surface area contributed by atoms with Crippen molar-refractivity contribution in [3.05, 3.63) is 23.8 Å². The van der Waals surface area contributed by atoms with Crippen LogP contribution in [0.1, 0.15) is 12.0 Å². The molecule has 3 nitrogen and oxygen atoms in total. The first-order chi connectivity index (χ1) is 7.54. The highest BCUT2D eigenvalue weighted by molar-refractivity contribution is 7.91. The molecule has 0 amide bonds. The zero-order valence-corrected chi connectivity index (χ0v) is 10.9. The SMILES string of the molecule is CN(CS)c1ccc2c(c1)CCCS2(=O)=O. The highest BCUT2D eigenvalue weighted by atomic mass is 32.2. The third kappa shape index (κ3) is 2.06. The summed E-state index contributed by atoms with van der Waals surface area (Å²) in [5, 5.41) is 0. The summed E-state index contributed by atoms with van der Waals surface area (Å²) in [5.74, 6) is 0.896. The van der Waals surface area contributed by atoms with Crippen molar-refractivity contribution < 1.29 is 8.42 Å². The van der Waals surface area contributed by atoms with E-state index in [1.807, 2.05) is 24.1 Å². The van der Waals surface area contributed by atoms with Crippen LogP contribution < -0.4 is 4.90 Å². The van der Waals surface area contributed by atoms with E-state index in [-0.39, 0.29) is 5.75 Å². The van der Waals surface area contributed by atoms with E-state index in [0.29, 0.717) is 10.8 Å². The number of sulfone groups is 1. The van der Waals surface area contributed by atoms with Gasteiger partial charge in [0.05, 0.1) is 16.5 Å². The molecule has 0 unspecified atom stereocenters. The van der Waals surface area contributed by atoms with Crippen LogP contribution in [0.15, 0.2) is 23.1 Å². The number of anilines is 1. The van der Waals surface area contributed by atoms with Gasteiger partial charge in [-0.2, -0.15) is 12.6 Å². The molecule has 0 atom stereocenters. The fraction of sp³-hybridized carbons (Fsp3) is 0.455. The molecule has 88 valence electrons. The Kier molecular flexibility index (Phi) is 3.17. The molecule has 0 N–H and O–H groups in total. The molecule has 0 fully saturated rings. The summed E-state index contributed by atoms with van der Waals surface area (Å²) < 4.78 is 23.6. The molecule has 1 aliphatic heterocycles. The second-order valence-electron chi connectivity index (χ2n) is 4.05. The lowest BCUT2D eigenvalue weighted by molar-refractivity contribution is 0.586. The summed E-state index contributed by atoms with van der Waals surface area (Å²) in [4.78, 5) is 2.49. The van der Waals surface area contributed by atoms with Gasteiger partial charge in [0.15, 0.2) is 9.84 Å². The Morgan fingerprint density at radius 2 is 2.19 bits per heavy atom. The van der Waals surface area contributed by atoms with Gasteiger partial charge in [0.2, 0.25) is 0 Å². The Labute approximate surface area is 102 Å². The number of thiol groups is 1. The maximum absolute atomic E-state index is 11.8. The second-order valence-corrected chi connectivity index (χ2v) is 6.41. The number of hydrogen-bond donors (Lipinski definition) is 1. The fourth-order valence-electron chi connectivity index (χ4n) is 1.95. The van der Waals surface area contributed by atoms with Crippen LogP contribution in [-0.2, 0) is 16.3 Å². The van der Waals surface area contributed by atoms with Crippen molar-refractivity contribution >= 4 is 28.2 Å². The predicted octanol–water partition coefficient (Wildman–Crippen LogP) is 1.73. The number of hydrogen-bond acceptors (Lipinski definition) is 4. The van der Waals surface area contributed by atoms with Gasteiger partial charge in [0, 0.05) is 12.7 Å². The van der Waals surface area contributed by atoms with E-state index < -0.39 is 9.84 Å². The van der Waals surface area contributed by atoms with E-state index in [9.17, 15) is 8.42 Å². The van der Waals surface area contributed by atoms with Crippen LogP contribution in [0, 0.1) is 0 Å². The molecule has 0 radical (unpaired) electrons. The Bertz CT molecular complexity index is 497. The standard InChI is InChI=1S/C11H15NO2S2/c1-12(8-15)10-4-5-11-9(7-10)3-2-6-16(11,13)14/h4-5,7,15H,2-3,6,8H2,1H3. The molecule has 1 heterocycles. The van der Waals surface area contributed by atoms with E-state index in [2.05, 4.69) is 12.6 Å². The van der Waals surface area contributed by atoms with Crippen LogP contribution >= 0.6 is 12.6 Å². The molecule has 1 aromatic carbocycles. The van der Waals surface area contributed by atoms with Crippen molar-refractivity contribution in [2.45, 2.75) is 17.7 Å². The van der Waals surface area contributed by atoms with Crippen LogP contribution in [-0.4, -0.2) is 27.1 Å².